The number of nitrogens with one attached hydrogen (secondary N) is 1. The summed E-state index contributed by atoms with van der Waals surface area (Å²) in [5, 5.41) is 4.72. The molecule has 0 aliphatic heterocycles. The summed E-state index contributed by atoms with van der Waals surface area (Å²) in [4.78, 5) is 17.0. The molecule has 0 radical (unpaired) electrons. The number of nitrogens with zero attached hydrogens (tertiary/aromatic N) is 4. The third-order valence-electron chi connectivity index (χ3n) is 2.37. The fourth-order valence-corrected chi connectivity index (χ4v) is 2.42. The fourth-order valence-electron chi connectivity index (χ4n) is 1.60. The highest BCUT2D eigenvalue weighted by molar-refractivity contribution is 7.99. The summed E-state index contributed by atoms with van der Waals surface area (Å²) in [5.41, 5.74) is 1.12. The minimum Gasteiger partial charge on any atom is -0.373 e. The van der Waals surface area contributed by atoms with Gasteiger partial charge in [0, 0.05) is 25.0 Å². The smallest absolute Gasteiger partial charge is 0.193 e. The lowest BCUT2D eigenvalue weighted by Crippen LogP contribution is -2.02. The quantitative estimate of drug-likeness (QED) is 0.658. The topological polar surface area (TPSA) is 63.6 Å². The highest BCUT2D eigenvalue weighted by Crippen LogP contribution is 2.29. The van der Waals surface area contributed by atoms with E-state index >= 15 is 0 Å². The van der Waals surface area contributed by atoms with Crippen molar-refractivity contribution in [2.75, 3.05) is 12.4 Å². The Hall–Kier alpha value is -1.69. The van der Waals surface area contributed by atoms with Crippen LogP contribution >= 0.6 is 11.8 Å². The Bertz CT molecular complexity index is 503. The van der Waals surface area contributed by atoms with Crippen molar-refractivity contribution in [1.82, 2.24) is 19.9 Å². The second-order valence-corrected chi connectivity index (χ2v) is 4.60. The third kappa shape index (κ3) is 2.95. The van der Waals surface area contributed by atoms with E-state index in [9.17, 15) is 0 Å². The van der Waals surface area contributed by atoms with Gasteiger partial charge in [-0.3, -0.25) is 0 Å². The van der Waals surface area contributed by atoms with Gasteiger partial charge in [0.25, 0.3) is 0 Å². The van der Waals surface area contributed by atoms with E-state index in [-0.39, 0.29) is 0 Å². The second-order valence-electron chi connectivity index (χ2n) is 3.64. The van der Waals surface area contributed by atoms with Crippen LogP contribution in [-0.4, -0.2) is 27.0 Å². The molecule has 0 atom stereocenters. The van der Waals surface area contributed by atoms with E-state index in [0.717, 1.165) is 29.2 Å². The average molecular weight is 261 g/mol. The minimum absolute atomic E-state index is 0.704. The number of aromatic nitrogens is 4. The number of rotatable bonds is 5. The summed E-state index contributed by atoms with van der Waals surface area (Å²) in [6.07, 6.45) is 7.01. The molecule has 2 heterocycles. The van der Waals surface area contributed by atoms with E-state index in [1.54, 1.807) is 24.8 Å². The molecule has 2 aromatic heterocycles. The predicted molar refractivity (Wildman–Crippen MR) is 71.7 cm³/mol. The summed E-state index contributed by atoms with van der Waals surface area (Å²) in [6, 6.07) is 1.80. The van der Waals surface area contributed by atoms with E-state index in [1.165, 1.54) is 11.8 Å². The van der Waals surface area contributed by atoms with Crippen LogP contribution in [0, 0.1) is 0 Å². The summed E-state index contributed by atoms with van der Waals surface area (Å²) in [5.74, 6) is 0.880. The van der Waals surface area contributed by atoms with Crippen LogP contribution in [0.3, 0.4) is 0 Å². The van der Waals surface area contributed by atoms with Crippen LogP contribution in [0.5, 0.6) is 0 Å². The Balaban J connectivity index is 2.32. The summed E-state index contributed by atoms with van der Waals surface area (Å²) >= 11 is 1.47. The third-order valence-corrected chi connectivity index (χ3v) is 3.31. The zero-order chi connectivity index (χ0) is 12.8. The molecule has 94 valence electrons. The van der Waals surface area contributed by atoms with Gasteiger partial charge in [0.1, 0.15) is 17.2 Å². The zero-order valence-corrected chi connectivity index (χ0v) is 11.2. The SMILES string of the molecule is CCCc1c(NC)ncnc1Sc1ncccn1. The zero-order valence-electron chi connectivity index (χ0n) is 10.4. The number of hydrogen-bond acceptors (Lipinski definition) is 6. The Labute approximate surface area is 110 Å². The van der Waals surface area contributed by atoms with Gasteiger partial charge in [0.05, 0.1) is 0 Å². The predicted octanol–water partition coefficient (Wildman–Crippen LogP) is 2.41. The van der Waals surface area contributed by atoms with E-state index < -0.39 is 0 Å². The van der Waals surface area contributed by atoms with Crippen LogP contribution in [0.15, 0.2) is 35.0 Å². The van der Waals surface area contributed by atoms with Gasteiger partial charge >= 0.3 is 0 Å². The van der Waals surface area contributed by atoms with Crippen LogP contribution in [0.25, 0.3) is 0 Å². The minimum atomic E-state index is 0.704. The molecular weight excluding hydrogens is 246 g/mol. The molecule has 0 aliphatic carbocycles. The molecule has 0 amide bonds. The summed E-state index contributed by atoms with van der Waals surface area (Å²) < 4.78 is 0. The maximum absolute atomic E-state index is 4.33. The lowest BCUT2D eigenvalue weighted by atomic mass is 10.2. The van der Waals surface area contributed by atoms with Gasteiger partial charge in [0.15, 0.2) is 5.16 Å². The highest BCUT2D eigenvalue weighted by atomic mass is 32.2. The van der Waals surface area contributed by atoms with Crippen molar-refractivity contribution >= 4 is 17.6 Å². The van der Waals surface area contributed by atoms with Crippen molar-refractivity contribution < 1.29 is 0 Å². The first-order valence-electron chi connectivity index (χ1n) is 5.81. The Morgan fingerprint density at radius 2 is 1.94 bits per heavy atom. The van der Waals surface area contributed by atoms with Crippen LogP contribution in [0.2, 0.25) is 0 Å². The molecule has 0 aromatic carbocycles. The lowest BCUT2D eigenvalue weighted by molar-refractivity contribution is 0.854. The van der Waals surface area contributed by atoms with Gasteiger partial charge in [-0.25, -0.2) is 19.9 Å². The second kappa shape index (κ2) is 6.30. The molecule has 0 unspecified atom stereocenters. The van der Waals surface area contributed by atoms with Gasteiger partial charge in [-0.05, 0) is 24.2 Å². The van der Waals surface area contributed by atoms with Crippen molar-refractivity contribution in [1.29, 1.82) is 0 Å². The molecular formula is C12H15N5S. The Kier molecular flexibility index (Phi) is 4.46. The number of hydrogen-bond donors (Lipinski definition) is 1. The van der Waals surface area contributed by atoms with E-state index in [0.29, 0.717) is 5.16 Å². The van der Waals surface area contributed by atoms with Crippen LogP contribution in [0.1, 0.15) is 18.9 Å². The normalized spacial score (nSPS) is 10.3. The van der Waals surface area contributed by atoms with E-state index in [1.807, 2.05) is 7.05 Å². The molecule has 2 rings (SSSR count). The maximum atomic E-state index is 4.33. The van der Waals surface area contributed by atoms with Gasteiger partial charge < -0.3 is 5.32 Å². The molecule has 5 nitrogen and oxygen atoms in total. The molecule has 0 aliphatic rings. The molecule has 0 saturated carbocycles. The van der Waals surface area contributed by atoms with Gasteiger partial charge in [-0.2, -0.15) is 0 Å². The number of anilines is 1. The van der Waals surface area contributed by atoms with Crippen LogP contribution < -0.4 is 5.32 Å². The standard InChI is InChI=1S/C12H15N5S/c1-3-5-9-10(13-2)16-8-17-11(9)18-12-14-6-4-7-15-12/h4,6-8H,3,5H2,1-2H3,(H,13,16,17). The van der Waals surface area contributed by atoms with Gasteiger partial charge in [0.2, 0.25) is 0 Å². The largest absolute Gasteiger partial charge is 0.373 e. The first-order chi connectivity index (χ1) is 8.85. The van der Waals surface area contributed by atoms with Crippen molar-refractivity contribution in [2.24, 2.45) is 0 Å². The Morgan fingerprint density at radius 1 is 1.17 bits per heavy atom. The summed E-state index contributed by atoms with van der Waals surface area (Å²) in [7, 11) is 1.87. The molecule has 0 spiro atoms. The Morgan fingerprint density at radius 3 is 2.61 bits per heavy atom. The fraction of sp³-hybridized carbons (Fsp3) is 0.333. The lowest BCUT2D eigenvalue weighted by Gasteiger charge is -2.10. The van der Waals surface area contributed by atoms with Gasteiger partial charge in [-0.15, -0.1) is 0 Å². The van der Waals surface area contributed by atoms with Crippen LogP contribution in [0.4, 0.5) is 5.82 Å². The van der Waals surface area contributed by atoms with Crippen molar-refractivity contribution in [3.05, 3.63) is 30.4 Å². The van der Waals surface area contributed by atoms with E-state index in [2.05, 4.69) is 32.2 Å². The molecule has 0 fully saturated rings. The first-order valence-corrected chi connectivity index (χ1v) is 6.63. The molecule has 1 N–H and O–H groups in total. The molecule has 0 bridgehead atoms. The van der Waals surface area contributed by atoms with Crippen molar-refractivity contribution in [3.63, 3.8) is 0 Å². The molecule has 0 saturated heterocycles. The van der Waals surface area contributed by atoms with Crippen molar-refractivity contribution in [2.45, 2.75) is 29.9 Å². The molecule has 2 aromatic rings. The first kappa shape index (κ1) is 12.8. The van der Waals surface area contributed by atoms with Crippen molar-refractivity contribution in [3.8, 4) is 0 Å². The van der Waals surface area contributed by atoms with E-state index in [4.69, 9.17) is 0 Å². The highest BCUT2D eigenvalue weighted by Gasteiger charge is 2.12. The van der Waals surface area contributed by atoms with Crippen LogP contribution in [-0.2, 0) is 6.42 Å². The monoisotopic (exact) mass is 261 g/mol. The molecule has 6 heteroatoms. The summed E-state index contributed by atoms with van der Waals surface area (Å²) in [6.45, 7) is 2.14. The average Bonchev–Trinajstić information content (AvgIpc) is 2.42. The molecule has 18 heavy (non-hydrogen) atoms. The van der Waals surface area contributed by atoms with Gasteiger partial charge in [-0.1, -0.05) is 13.3 Å². The maximum Gasteiger partial charge on any atom is 0.193 e.